The Morgan fingerprint density at radius 3 is 2.21 bits per heavy atom. The number of benzene rings is 1. The monoisotopic (exact) mass is 265 g/mol. The summed E-state index contributed by atoms with van der Waals surface area (Å²) in [6.45, 7) is 3.61. The molecule has 1 N–H and O–H groups in total. The number of methoxy groups -OCH3 is 1. The first-order valence-electron chi connectivity index (χ1n) is 6.02. The van der Waals surface area contributed by atoms with Gasteiger partial charge in [0.2, 0.25) is 0 Å². The molecule has 5 nitrogen and oxygen atoms in total. The Morgan fingerprint density at radius 2 is 1.84 bits per heavy atom. The van der Waals surface area contributed by atoms with Crippen LogP contribution in [0.4, 0.5) is 5.69 Å². The van der Waals surface area contributed by atoms with Crippen molar-refractivity contribution in [3.05, 3.63) is 29.8 Å². The Morgan fingerprint density at radius 1 is 1.32 bits per heavy atom. The maximum Gasteiger partial charge on any atom is 0.335 e. The summed E-state index contributed by atoms with van der Waals surface area (Å²) in [5, 5.41) is 8.83. The summed E-state index contributed by atoms with van der Waals surface area (Å²) in [4.78, 5) is 24.6. The number of anilines is 1. The molecule has 1 amide bonds. The Kier molecular flexibility index (Phi) is 4.67. The van der Waals surface area contributed by atoms with Gasteiger partial charge < -0.3 is 14.7 Å². The molecule has 0 saturated heterocycles. The minimum Gasteiger partial charge on any atom is -0.478 e. The highest BCUT2D eigenvalue weighted by Gasteiger charge is 2.34. The van der Waals surface area contributed by atoms with Gasteiger partial charge in [0, 0.05) is 19.8 Å². The fraction of sp³-hybridized carbons (Fsp3) is 0.429. The number of carboxylic acid groups (broad SMARTS) is 1. The van der Waals surface area contributed by atoms with E-state index >= 15 is 0 Å². The van der Waals surface area contributed by atoms with E-state index < -0.39 is 11.6 Å². The summed E-state index contributed by atoms with van der Waals surface area (Å²) >= 11 is 0. The topological polar surface area (TPSA) is 66.8 Å². The van der Waals surface area contributed by atoms with Crippen LogP contribution < -0.4 is 4.90 Å². The summed E-state index contributed by atoms with van der Waals surface area (Å²) in [6, 6.07) is 6.15. The summed E-state index contributed by atoms with van der Waals surface area (Å²) in [7, 11) is 3.15. The Bertz CT molecular complexity index is 463. The normalized spacial score (nSPS) is 13.7. The van der Waals surface area contributed by atoms with Crippen LogP contribution in [-0.2, 0) is 9.53 Å². The number of carbonyl (C=O) groups excluding carboxylic acids is 1. The average molecular weight is 265 g/mol. The lowest BCUT2D eigenvalue weighted by Crippen LogP contribution is -2.46. The van der Waals surface area contributed by atoms with Crippen LogP contribution in [0.1, 0.15) is 30.6 Å². The van der Waals surface area contributed by atoms with Gasteiger partial charge in [-0.3, -0.25) is 4.79 Å². The summed E-state index contributed by atoms with van der Waals surface area (Å²) in [6.07, 6.45) is 0.555. The van der Waals surface area contributed by atoms with Crippen molar-refractivity contribution in [3.8, 4) is 0 Å². The van der Waals surface area contributed by atoms with Crippen molar-refractivity contribution in [2.24, 2.45) is 0 Å². The van der Waals surface area contributed by atoms with E-state index in [4.69, 9.17) is 9.84 Å². The van der Waals surface area contributed by atoms with E-state index in [1.54, 1.807) is 26.1 Å². The van der Waals surface area contributed by atoms with Crippen molar-refractivity contribution in [1.29, 1.82) is 0 Å². The number of rotatable bonds is 5. The second-order valence-corrected chi connectivity index (χ2v) is 4.50. The van der Waals surface area contributed by atoms with Crippen molar-refractivity contribution in [2.45, 2.75) is 25.9 Å². The summed E-state index contributed by atoms with van der Waals surface area (Å²) in [5.74, 6) is -1.16. The Labute approximate surface area is 112 Å². The molecule has 1 atom stereocenters. The molecule has 1 aromatic carbocycles. The molecule has 1 unspecified atom stereocenters. The number of aromatic carboxylic acids is 1. The van der Waals surface area contributed by atoms with Gasteiger partial charge in [0.05, 0.1) is 5.56 Å². The number of carboxylic acids is 1. The molecule has 104 valence electrons. The number of hydrogen-bond acceptors (Lipinski definition) is 3. The van der Waals surface area contributed by atoms with Crippen molar-refractivity contribution < 1.29 is 19.4 Å². The number of likely N-dealkylation sites (N-methyl/N-ethyl adjacent to an activating group) is 1. The first-order chi connectivity index (χ1) is 8.85. The highest BCUT2D eigenvalue weighted by molar-refractivity contribution is 5.99. The van der Waals surface area contributed by atoms with Crippen molar-refractivity contribution in [1.82, 2.24) is 0 Å². The molecule has 1 rings (SSSR count). The molecule has 0 aromatic heterocycles. The van der Waals surface area contributed by atoms with Crippen molar-refractivity contribution in [3.63, 3.8) is 0 Å². The lowest BCUT2D eigenvalue weighted by atomic mass is 10.0. The van der Waals surface area contributed by atoms with Gasteiger partial charge in [-0.15, -0.1) is 0 Å². The van der Waals surface area contributed by atoms with Gasteiger partial charge in [-0.2, -0.15) is 0 Å². The number of carbonyl (C=O) groups is 2. The minimum atomic E-state index is -0.990. The van der Waals surface area contributed by atoms with Gasteiger partial charge in [-0.1, -0.05) is 6.92 Å². The third kappa shape index (κ3) is 3.12. The highest BCUT2D eigenvalue weighted by Crippen LogP contribution is 2.22. The molecule has 0 saturated carbocycles. The number of nitrogens with zero attached hydrogens (tertiary/aromatic N) is 1. The van der Waals surface area contributed by atoms with E-state index in [0.717, 1.165) is 0 Å². The predicted molar refractivity (Wildman–Crippen MR) is 72.5 cm³/mol. The van der Waals surface area contributed by atoms with Crippen LogP contribution in [0.2, 0.25) is 0 Å². The van der Waals surface area contributed by atoms with Crippen LogP contribution in [-0.4, -0.2) is 36.7 Å². The number of amides is 1. The summed E-state index contributed by atoms with van der Waals surface area (Å²) < 4.78 is 5.27. The number of ether oxygens (including phenoxy) is 1. The number of hydrogen-bond donors (Lipinski definition) is 1. The molecule has 0 aliphatic rings. The molecule has 1 aromatic rings. The molecule has 0 spiro atoms. The molecule has 0 bridgehead atoms. The molecule has 0 aliphatic heterocycles. The fourth-order valence-corrected chi connectivity index (χ4v) is 1.68. The van der Waals surface area contributed by atoms with Gasteiger partial charge >= 0.3 is 5.97 Å². The maximum atomic E-state index is 12.3. The zero-order valence-electron chi connectivity index (χ0n) is 11.6. The summed E-state index contributed by atoms with van der Waals surface area (Å²) in [5.41, 5.74) is -0.0541. The molecule has 0 aliphatic carbocycles. The first kappa shape index (κ1) is 15.2. The van der Waals surface area contributed by atoms with E-state index in [2.05, 4.69) is 0 Å². The largest absolute Gasteiger partial charge is 0.478 e. The van der Waals surface area contributed by atoms with E-state index in [9.17, 15) is 9.59 Å². The molecule has 19 heavy (non-hydrogen) atoms. The van der Waals surface area contributed by atoms with E-state index in [-0.39, 0.29) is 11.5 Å². The molecule has 0 heterocycles. The maximum absolute atomic E-state index is 12.3. The molecule has 0 fully saturated rings. The average Bonchev–Trinajstić information content (AvgIpc) is 2.44. The van der Waals surface area contributed by atoms with Crippen LogP contribution in [0.3, 0.4) is 0 Å². The SMILES string of the molecule is CCC(C)(OC)C(=O)N(C)c1ccc(C(=O)O)cc1. The standard InChI is InChI=1S/C14H19NO4/c1-5-14(2,19-4)13(18)15(3)11-8-6-10(7-9-11)12(16)17/h6-9H,5H2,1-4H3,(H,16,17). The lowest BCUT2D eigenvalue weighted by Gasteiger charge is -2.30. The van der Waals surface area contributed by atoms with Crippen LogP contribution in [0.25, 0.3) is 0 Å². The van der Waals surface area contributed by atoms with Crippen LogP contribution in [0.15, 0.2) is 24.3 Å². The van der Waals surface area contributed by atoms with Gasteiger partial charge in [0.25, 0.3) is 5.91 Å². The van der Waals surface area contributed by atoms with E-state index in [1.807, 2.05) is 6.92 Å². The zero-order valence-corrected chi connectivity index (χ0v) is 11.6. The predicted octanol–water partition coefficient (Wildman–Crippen LogP) is 2.16. The van der Waals surface area contributed by atoms with Gasteiger partial charge in [0.1, 0.15) is 5.60 Å². The molecular formula is C14H19NO4. The van der Waals surface area contributed by atoms with Gasteiger partial charge in [0.15, 0.2) is 0 Å². The molecular weight excluding hydrogens is 246 g/mol. The third-order valence-electron chi connectivity index (χ3n) is 3.38. The first-order valence-corrected chi connectivity index (χ1v) is 6.02. The van der Waals surface area contributed by atoms with Crippen LogP contribution in [0.5, 0.6) is 0 Å². The lowest BCUT2D eigenvalue weighted by molar-refractivity contribution is -0.138. The molecule has 0 radical (unpaired) electrons. The highest BCUT2D eigenvalue weighted by atomic mass is 16.5. The van der Waals surface area contributed by atoms with Crippen molar-refractivity contribution >= 4 is 17.6 Å². The van der Waals surface area contributed by atoms with Crippen LogP contribution >= 0.6 is 0 Å². The third-order valence-corrected chi connectivity index (χ3v) is 3.38. The fourth-order valence-electron chi connectivity index (χ4n) is 1.68. The Balaban J connectivity index is 2.97. The van der Waals surface area contributed by atoms with E-state index in [1.165, 1.54) is 24.1 Å². The quantitative estimate of drug-likeness (QED) is 0.886. The molecule has 5 heteroatoms. The minimum absolute atomic E-state index is 0.166. The van der Waals surface area contributed by atoms with E-state index in [0.29, 0.717) is 12.1 Å². The van der Waals surface area contributed by atoms with Gasteiger partial charge in [-0.25, -0.2) is 4.79 Å². The van der Waals surface area contributed by atoms with Crippen LogP contribution in [0, 0.1) is 0 Å². The second kappa shape index (κ2) is 5.84. The second-order valence-electron chi connectivity index (χ2n) is 4.50. The van der Waals surface area contributed by atoms with Gasteiger partial charge in [-0.05, 0) is 37.6 Å². The smallest absolute Gasteiger partial charge is 0.335 e. The Hall–Kier alpha value is -1.88. The zero-order chi connectivity index (χ0) is 14.6. The van der Waals surface area contributed by atoms with Crippen molar-refractivity contribution in [2.75, 3.05) is 19.1 Å².